The van der Waals surface area contributed by atoms with Crippen LogP contribution >= 0.6 is 0 Å². The minimum Gasteiger partial charge on any atom is -0.444 e. The molecule has 1 amide bonds. The third-order valence-electron chi connectivity index (χ3n) is 3.93. The van der Waals surface area contributed by atoms with Gasteiger partial charge in [0.1, 0.15) is 5.60 Å². The van der Waals surface area contributed by atoms with Gasteiger partial charge in [0, 0.05) is 25.7 Å². The Morgan fingerprint density at radius 1 is 1.29 bits per heavy atom. The standard InChI is InChI=1S/C15H29N3O3/c1-15(2,3)21-14(19)16-11-12-5-4-6-13(12)17-18-7-9-20-10-8-18/h12-13,17H,4-11H2,1-3H3,(H,16,19). The SMILES string of the molecule is CC(C)(C)OC(=O)NCC1CCCC1NN1CCOCC1. The van der Waals surface area contributed by atoms with Crippen molar-refractivity contribution in [3.05, 3.63) is 0 Å². The van der Waals surface area contributed by atoms with Gasteiger partial charge in [-0.25, -0.2) is 9.80 Å². The molecule has 21 heavy (non-hydrogen) atoms. The molecule has 1 saturated heterocycles. The normalized spacial score (nSPS) is 27.6. The van der Waals surface area contributed by atoms with Gasteiger partial charge < -0.3 is 14.8 Å². The van der Waals surface area contributed by atoms with Crippen LogP contribution in [0.25, 0.3) is 0 Å². The van der Waals surface area contributed by atoms with Crippen LogP contribution in [0.2, 0.25) is 0 Å². The molecule has 0 aromatic heterocycles. The number of ether oxygens (including phenoxy) is 2. The minimum atomic E-state index is -0.439. The molecule has 0 radical (unpaired) electrons. The molecule has 1 saturated carbocycles. The first-order chi connectivity index (χ1) is 9.94. The Balaban J connectivity index is 1.72. The summed E-state index contributed by atoms with van der Waals surface area (Å²) >= 11 is 0. The van der Waals surface area contributed by atoms with Crippen LogP contribution in [0.1, 0.15) is 40.0 Å². The summed E-state index contributed by atoms with van der Waals surface area (Å²) in [6.45, 7) is 9.77. The van der Waals surface area contributed by atoms with E-state index in [1.807, 2.05) is 20.8 Å². The van der Waals surface area contributed by atoms with Crippen molar-refractivity contribution in [3.8, 4) is 0 Å². The number of hydrogen-bond acceptors (Lipinski definition) is 5. The van der Waals surface area contributed by atoms with Crippen molar-refractivity contribution >= 4 is 6.09 Å². The lowest BCUT2D eigenvalue weighted by Crippen LogP contribution is -2.52. The molecule has 1 aliphatic heterocycles. The molecule has 1 heterocycles. The first kappa shape index (κ1) is 16.5. The summed E-state index contributed by atoms with van der Waals surface area (Å²) in [4.78, 5) is 11.7. The molecule has 0 bridgehead atoms. The van der Waals surface area contributed by atoms with Crippen LogP contribution in [0.4, 0.5) is 4.79 Å². The fourth-order valence-corrected chi connectivity index (χ4v) is 2.91. The maximum atomic E-state index is 11.7. The van der Waals surface area contributed by atoms with Gasteiger partial charge in [0.25, 0.3) is 0 Å². The molecule has 0 aromatic carbocycles. The van der Waals surface area contributed by atoms with Gasteiger partial charge in [0.05, 0.1) is 13.2 Å². The highest BCUT2D eigenvalue weighted by atomic mass is 16.6. The number of hydrogen-bond donors (Lipinski definition) is 2. The van der Waals surface area contributed by atoms with Gasteiger partial charge in [-0.1, -0.05) is 6.42 Å². The number of nitrogens with one attached hydrogen (secondary N) is 2. The molecule has 0 spiro atoms. The minimum absolute atomic E-state index is 0.320. The highest BCUT2D eigenvalue weighted by Crippen LogP contribution is 2.25. The first-order valence-electron chi connectivity index (χ1n) is 8.00. The number of alkyl carbamates (subject to hydrolysis) is 1. The lowest BCUT2D eigenvalue weighted by molar-refractivity contribution is 0.0000483. The van der Waals surface area contributed by atoms with E-state index in [0.29, 0.717) is 18.5 Å². The molecule has 6 heteroatoms. The van der Waals surface area contributed by atoms with Crippen LogP contribution in [0.15, 0.2) is 0 Å². The second kappa shape index (κ2) is 7.42. The topological polar surface area (TPSA) is 62.8 Å². The number of carbonyl (C=O) groups excluding carboxylic acids is 1. The maximum Gasteiger partial charge on any atom is 0.407 e. The fourth-order valence-electron chi connectivity index (χ4n) is 2.91. The number of carbonyl (C=O) groups is 1. The number of amides is 1. The van der Waals surface area contributed by atoms with Crippen LogP contribution in [0.5, 0.6) is 0 Å². The van der Waals surface area contributed by atoms with Crippen molar-refractivity contribution in [2.24, 2.45) is 5.92 Å². The number of hydrazine groups is 1. The molecule has 2 rings (SSSR count). The second-order valence-electron chi connectivity index (χ2n) is 6.91. The zero-order chi connectivity index (χ0) is 15.3. The monoisotopic (exact) mass is 299 g/mol. The molecule has 6 nitrogen and oxygen atoms in total. The third-order valence-corrected chi connectivity index (χ3v) is 3.93. The summed E-state index contributed by atoms with van der Waals surface area (Å²) in [6.07, 6.45) is 3.21. The summed E-state index contributed by atoms with van der Waals surface area (Å²) in [6, 6.07) is 0.443. The maximum absolute atomic E-state index is 11.7. The summed E-state index contributed by atoms with van der Waals surface area (Å²) < 4.78 is 10.6. The summed E-state index contributed by atoms with van der Waals surface area (Å²) in [7, 11) is 0. The van der Waals surface area contributed by atoms with Crippen LogP contribution in [0.3, 0.4) is 0 Å². The van der Waals surface area contributed by atoms with Crippen molar-refractivity contribution in [3.63, 3.8) is 0 Å². The van der Waals surface area contributed by atoms with Gasteiger partial charge >= 0.3 is 6.09 Å². The number of rotatable bonds is 4. The van der Waals surface area contributed by atoms with E-state index in [1.54, 1.807) is 0 Å². The van der Waals surface area contributed by atoms with Gasteiger partial charge in [-0.15, -0.1) is 0 Å². The predicted molar refractivity (Wildman–Crippen MR) is 80.9 cm³/mol. The Kier molecular flexibility index (Phi) is 5.84. The molecular formula is C15H29N3O3. The van der Waals surface area contributed by atoms with Crippen LogP contribution in [-0.2, 0) is 9.47 Å². The number of nitrogens with zero attached hydrogens (tertiary/aromatic N) is 1. The van der Waals surface area contributed by atoms with Crippen molar-refractivity contribution in [2.45, 2.75) is 51.7 Å². The Labute approximate surface area is 127 Å². The molecule has 0 aromatic rings. The summed E-state index contributed by atoms with van der Waals surface area (Å²) in [5, 5.41) is 5.15. The molecule has 2 atom stereocenters. The van der Waals surface area contributed by atoms with E-state index in [2.05, 4.69) is 15.8 Å². The van der Waals surface area contributed by atoms with Crippen molar-refractivity contribution < 1.29 is 14.3 Å². The summed E-state index contributed by atoms with van der Waals surface area (Å²) in [5.74, 6) is 0.473. The quantitative estimate of drug-likeness (QED) is 0.824. The largest absolute Gasteiger partial charge is 0.444 e. The van der Waals surface area contributed by atoms with Crippen LogP contribution in [-0.4, -0.2) is 55.6 Å². The Morgan fingerprint density at radius 2 is 2.00 bits per heavy atom. The van der Waals surface area contributed by atoms with E-state index in [9.17, 15) is 4.79 Å². The molecule has 2 aliphatic rings. The first-order valence-corrected chi connectivity index (χ1v) is 8.00. The lowest BCUT2D eigenvalue weighted by atomic mass is 10.0. The van der Waals surface area contributed by atoms with Gasteiger partial charge in [0.2, 0.25) is 0 Å². The van der Waals surface area contributed by atoms with E-state index in [1.165, 1.54) is 6.42 Å². The molecule has 122 valence electrons. The van der Waals surface area contributed by atoms with E-state index >= 15 is 0 Å². The predicted octanol–water partition coefficient (Wildman–Crippen LogP) is 1.52. The van der Waals surface area contributed by atoms with Crippen LogP contribution in [0, 0.1) is 5.92 Å². The van der Waals surface area contributed by atoms with Crippen molar-refractivity contribution in [1.29, 1.82) is 0 Å². The van der Waals surface area contributed by atoms with Crippen molar-refractivity contribution in [2.75, 3.05) is 32.8 Å². The third kappa shape index (κ3) is 5.80. The zero-order valence-electron chi connectivity index (χ0n) is 13.5. The molecule has 2 N–H and O–H groups in total. The lowest BCUT2D eigenvalue weighted by Gasteiger charge is -2.32. The Morgan fingerprint density at radius 3 is 2.67 bits per heavy atom. The van der Waals surface area contributed by atoms with Gasteiger partial charge in [-0.2, -0.15) is 0 Å². The average molecular weight is 299 g/mol. The molecule has 2 fully saturated rings. The second-order valence-corrected chi connectivity index (χ2v) is 6.91. The van der Waals surface area contributed by atoms with Gasteiger partial charge in [-0.3, -0.25) is 5.43 Å². The van der Waals surface area contributed by atoms with E-state index in [-0.39, 0.29) is 6.09 Å². The van der Waals surface area contributed by atoms with Gasteiger partial charge in [-0.05, 0) is 39.5 Å². The Hall–Kier alpha value is -0.850. The highest BCUT2D eigenvalue weighted by molar-refractivity contribution is 5.67. The van der Waals surface area contributed by atoms with Crippen LogP contribution < -0.4 is 10.7 Å². The zero-order valence-corrected chi connectivity index (χ0v) is 13.5. The molecule has 1 aliphatic carbocycles. The van der Waals surface area contributed by atoms with Gasteiger partial charge in [0.15, 0.2) is 0 Å². The fraction of sp³-hybridized carbons (Fsp3) is 0.933. The van der Waals surface area contributed by atoms with E-state index in [0.717, 1.165) is 39.1 Å². The smallest absolute Gasteiger partial charge is 0.407 e. The van der Waals surface area contributed by atoms with E-state index in [4.69, 9.17) is 9.47 Å². The summed E-state index contributed by atoms with van der Waals surface area (Å²) in [5.41, 5.74) is 3.16. The van der Waals surface area contributed by atoms with E-state index < -0.39 is 5.60 Å². The highest BCUT2D eigenvalue weighted by Gasteiger charge is 2.29. The number of morpholine rings is 1. The average Bonchev–Trinajstić information content (AvgIpc) is 2.83. The molecule has 2 unspecified atom stereocenters. The molecular weight excluding hydrogens is 270 g/mol. The van der Waals surface area contributed by atoms with Crippen molar-refractivity contribution in [1.82, 2.24) is 15.8 Å². The Bertz CT molecular complexity index is 338.